The van der Waals surface area contributed by atoms with Gasteiger partial charge in [0.2, 0.25) is 0 Å². The van der Waals surface area contributed by atoms with E-state index in [1.807, 2.05) is 12.1 Å². The Hall–Kier alpha value is -1.67. The van der Waals surface area contributed by atoms with Crippen molar-refractivity contribution in [1.82, 2.24) is 0 Å². The van der Waals surface area contributed by atoms with Crippen molar-refractivity contribution < 1.29 is 4.39 Å². The van der Waals surface area contributed by atoms with E-state index in [1.165, 1.54) is 17.5 Å². The maximum Gasteiger partial charge on any atom is 0.131 e. The smallest absolute Gasteiger partial charge is 0.131 e. The minimum Gasteiger partial charge on any atom is -0.320 e. The van der Waals surface area contributed by atoms with Crippen LogP contribution in [0, 0.1) is 12.7 Å². The van der Waals surface area contributed by atoms with Crippen LogP contribution in [0.3, 0.4) is 0 Å². The molecule has 1 aliphatic rings. The SMILES string of the molecule is Cc1cccc(C(N)c2ccc3c(c2)CCC3)c1F. The molecule has 0 aromatic heterocycles. The summed E-state index contributed by atoms with van der Waals surface area (Å²) in [5, 5.41) is 0. The van der Waals surface area contributed by atoms with Crippen LogP contribution < -0.4 is 5.73 Å². The van der Waals surface area contributed by atoms with Gasteiger partial charge in [-0.3, -0.25) is 0 Å². The monoisotopic (exact) mass is 255 g/mol. The molecule has 2 aromatic carbocycles. The van der Waals surface area contributed by atoms with Gasteiger partial charge in [0.1, 0.15) is 5.82 Å². The maximum atomic E-state index is 14.1. The Labute approximate surface area is 113 Å². The fourth-order valence-corrected chi connectivity index (χ4v) is 2.88. The first-order valence-electron chi connectivity index (χ1n) is 6.79. The molecule has 0 radical (unpaired) electrons. The number of halogens is 1. The van der Waals surface area contributed by atoms with Crippen LogP contribution in [0.4, 0.5) is 4.39 Å². The number of hydrogen-bond acceptors (Lipinski definition) is 1. The van der Waals surface area contributed by atoms with E-state index in [0.29, 0.717) is 11.1 Å². The van der Waals surface area contributed by atoms with Gasteiger partial charge in [0.05, 0.1) is 6.04 Å². The van der Waals surface area contributed by atoms with Gasteiger partial charge in [-0.1, -0.05) is 36.4 Å². The van der Waals surface area contributed by atoms with Gasteiger partial charge in [-0.25, -0.2) is 4.39 Å². The molecule has 0 spiro atoms. The van der Waals surface area contributed by atoms with Crippen molar-refractivity contribution in [2.45, 2.75) is 32.2 Å². The second-order valence-electron chi connectivity index (χ2n) is 5.34. The Morgan fingerprint density at radius 2 is 1.89 bits per heavy atom. The average molecular weight is 255 g/mol. The van der Waals surface area contributed by atoms with E-state index in [0.717, 1.165) is 18.4 Å². The van der Waals surface area contributed by atoms with Gasteiger partial charge in [0, 0.05) is 5.56 Å². The predicted octanol–water partition coefficient (Wildman–Crippen LogP) is 3.67. The summed E-state index contributed by atoms with van der Waals surface area (Å²) in [6.07, 6.45) is 3.49. The average Bonchev–Trinajstić information content (AvgIpc) is 2.88. The zero-order chi connectivity index (χ0) is 13.4. The molecule has 0 saturated carbocycles. The van der Waals surface area contributed by atoms with E-state index in [1.54, 1.807) is 19.1 Å². The van der Waals surface area contributed by atoms with Crippen LogP contribution >= 0.6 is 0 Å². The number of aryl methyl sites for hydroxylation is 3. The van der Waals surface area contributed by atoms with Crippen molar-refractivity contribution in [3.8, 4) is 0 Å². The zero-order valence-electron chi connectivity index (χ0n) is 11.1. The quantitative estimate of drug-likeness (QED) is 0.870. The molecular formula is C17H18FN. The van der Waals surface area contributed by atoms with Crippen LogP contribution in [-0.2, 0) is 12.8 Å². The Bertz CT molecular complexity index is 619. The highest BCUT2D eigenvalue weighted by Gasteiger charge is 2.17. The number of benzene rings is 2. The molecule has 1 nitrogen and oxygen atoms in total. The first-order chi connectivity index (χ1) is 9.16. The molecule has 0 fully saturated rings. The van der Waals surface area contributed by atoms with Crippen LogP contribution in [0.5, 0.6) is 0 Å². The molecule has 3 rings (SSSR count). The first-order valence-corrected chi connectivity index (χ1v) is 6.79. The summed E-state index contributed by atoms with van der Waals surface area (Å²) < 4.78 is 14.1. The lowest BCUT2D eigenvalue weighted by molar-refractivity contribution is 0.591. The molecule has 2 heteroatoms. The summed E-state index contributed by atoms with van der Waals surface area (Å²) >= 11 is 0. The minimum atomic E-state index is -0.384. The molecule has 2 N–H and O–H groups in total. The highest BCUT2D eigenvalue weighted by molar-refractivity contribution is 5.41. The molecule has 0 saturated heterocycles. The molecule has 0 heterocycles. The van der Waals surface area contributed by atoms with Crippen LogP contribution in [0.2, 0.25) is 0 Å². The summed E-state index contributed by atoms with van der Waals surface area (Å²) in [4.78, 5) is 0. The van der Waals surface area contributed by atoms with Gasteiger partial charge >= 0.3 is 0 Å². The van der Waals surface area contributed by atoms with E-state index in [9.17, 15) is 4.39 Å². The van der Waals surface area contributed by atoms with Gasteiger partial charge < -0.3 is 5.73 Å². The lowest BCUT2D eigenvalue weighted by Crippen LogP contribution is -2.14. The maximum absolute atomic E-state index is 14.1. The molecule has 0 aliphatic heterocycles. The number of hydrogen-bond donors (Lipinski definition) is 1. The lowest BCUT2D eigenvalue weighted by Gasteiger charge is -2.15. The molecule has 1 unspecified atom stereocenters. The normalized spacial score (nSPS) is 15.3. The second kappa shape index (κ2) is 4.78. The highest BCUT2D eigenvalue weighted by Crippen LogP contribution is 2.28. The Morgan fingerprint density at radius 3 is 2.74 bits per heavy atom. The largest absolute Gasteiger partial charge is 0.320 e. The molecule has 19 heavy (non-hydrogen) atoms. The fourth-order valence-electron chi connectivity index (χ4n) is 2.88. The van der Waals surface area contributed by atoms with E-state index in [-0.39, 0.29) is 11.9 Å². The van der Waals surface area contributed by atoms with Crippen LogP contribution in [0.1, 0.15) is 40.3 Å². The van der Waals surface area contributed by atoms with Crippen molar-refractivity contribution in [3.05, 3.63) is 70.0 Å². The van der Waals surface area contributed by atoms with E-state index >= 15 is 0 Å². The predicted molar refractivity (Wildman–Crippen MR) is 75.6 cm³/mol. The summed E-state index contributed by atoms with van der Waals surface area (Å²) in [6, 6.07) is 11.4. The zero-order valence-corrected chi connectivity index (χ0v) is 11.1. The molecule has 1 atom stereocenters. The lowest BCUT2D eigenvalue weighted by atomic mass is 9.95. The topological polar surface area (TPSA) is 26.0 Å². The summed E-state index contributed by atoms with van der Waals surface area (Å²) in [5.74, 6) is -0.185. The number of nitrogens with two attached hydrogens (primary N) is 1. The van der Waals surface area contributed by atoms with Crippen molar-refractivity contribution in [1.29, 1.82) is 0 Å². The molecule has 98 valence electrons. The summed E-state index contributed by atoms with van der Waals surface area (Å²) in [6.45, 7) is 1.77. The molecule has 0 amide bonds. The number of fused-ring (bicyclic) bond motifs is 1. The van der Waals surface area contributed by atoms with Gasteiger partial charge in [-0.2, -0.15) is 0 Å². The van der Waals surface area contributed by atoms with Gasteiger partial charge in [0.15, 0.2) is 0 Å². The van der Waals surface area contributed by atoms with E-state index in [2.05, 4.69) is 12.1 Å². The summed E-state index contributed by atoms with van der Waals surface area (Å²) in [7, 11) is 0. The van der Waals surface area contributed by atoms with Crippen LogP contribution in [0.25, 0.3) is 0 Å². The summed E-state index contributed by atoms with van der Waals surface area (Å²) in [5.41, 5.74) is 11.3. The second-order valence-corrected chi connectivity index (χ2v) is 5.34. The Kier molecular flexibility index (Phi) is 3.11. The van der Waals surface area contributed by atoms with Crippen LogP contribution in [-0.4, -0.2) is 0 Å². The first kappa shape index (κ1) is 12.4. The molecular weight excluding hydrogens is 237 g/mol. The Balaban J connectivity index is 2.00. The van der Waals surface area contributed by atoms with Gasteiger partial charge in [-0.15, -0.1) is 0 Å². The van der Waals surface area contributed by atoms with Crippen molar-refractivity contribution in [2.75, 3.05) is 0 Å². The minimum absolute atomic E-state index is 0.185. The van der Waals surface area contributed by atoms with E-state index in [4.69, 9.17) is 5.73 Å². The third-order valence-electron chi connectivity index (χ3n) is 4.04. The molecule has 1 aliphatic carbocycles. The van der Waals surface area contributed by atoms with Gasteiger partial charge in [0.25, 0.3) is 0 Å². The fraction of sp³-hybridized carbons (Fsp3) is 0.294. The highest BCUT2D eigenvalue weighted by atomic mass is 19.1. The van der Waals surface area contributed by atoms with Crippen molar-refractivity contribution >= 4 is 0 Å². The van der Waals surface area contributed by atoms with Crippen molar-refractivity contribution in [2.24, 2.45) is 5.73 Å². The number of rotatable bonds is 2. The Morgan fingerprint density at radius 1 is 1.11 bits per heavy atom. The standard InChI is InChI=1S/C17H18FN/c1-11-4-2-7-15(16(11)18)17(19)14-9-8-12-5-3-6-13(12)10-14/h2,4,7-10,17H,3,5-6,19H2,1H3. The van der Waals surface area contributed by atoms with Crippen LogP contribution in [0.15, 0.2) is 36.4 Å². The van der Waals surface area contributed by atoms with Gasteiger partial charge in [-0.05, 0) is 48.4 Å². The molecule has 2 aromatic rings. The molecule has 0 bridgehead atoms. The third kappa shape index (κ3) is 2.17. The van der Waals surface area contributed by atoms with Crippen molar-refractivity contribution in [3.63, 3.8) is 0 Å². The van der Waals surface area contributed by atoms with E-state index < -0.39 is 0 Å². The third-order valence-corrected chi connectivity index (χ3v) is 4.04.